The Balaban J connectivity index is 1.52. The fraction of sp³-hybridized carbons (Fsp3) is 0.348. The number of aliphatic imine (C=N–C) groups is 1. The molecule has 1 saturated carbocycles. The van der Waals surface area contributed by atoms with E-state index >= 15 is 0 Å². The first-order valence-corrected chi connectivity index (χ1v) is 10.9. The summed E-state index contributed by atoms with van der Waals surface area (Å²) in [6.07, 6.45) is 2.06. The van der Waals surface area contributed by atoms with Gasteiger partial charge in [-0.25, -0.2) is 4.99 Å². The second-order valence-corrected chi connectivity index (χ2v) is 8.78. The number of hydrogen-bond acceptors (Lipinski definition) is 5. The van der Waals surface area contributed by atoms with Crippen LogP contribution in [-0.2, 0) is 9.59 Å². The van der Waals surface area contributed by atoms with E-state index in [2.05, 4.69) is 18.3 Å². The highest BCUT2D eigenvalue weighted by Gasteiger charge is 2.46. The zero-order chi connectivity index (χ0) is 21.3. The van der Waals surface area contributed by atoms with Gasteiger partial charge in [0, 0.05) is 12.5 Å². The lowest BCUT2D eigenvalue weighted by molar-refractivity contribution is -0.128. The van der Waals surface area contributed by atoms with Gasteiger partial charge in [0.2, 0.25) is 11.8 Å². The molecule has 4 rings (SSSR count). The van der Waals surface area contributed by atoms with Gasteiger partial charge in [-0.2, -0.15) is 0 Å². The highest BCUT2D eigenvalue weighted by molar-refractivity contribution is 8.15. The highest BCUT2D eigenvalue weighted by Crippen LogP contribution is 2.40. The standard InChI is InChI=1S/C23H25N3O3S/c1-14-7-6-9-17(15(14)2)25-23-26(16-11-12-16)22(28)20(30-23)13-21(27)24-18-8-4-5-10-19(18)29-3/h4-10,16,20H,11-13H2,1-3H3,(H,24,27)/t20-/m0/s1. The maximum Gasteiger partial charge on any atom is 0.242 e. The van der Waals surface area contributed by atoms with Gasteiger partial charge >= 0.3 is 0 Å². The molecule has 1 heterocycles. The van der Waals surface area contributed by atoms with E-state index in [0.29, 0.717) is 16.6 Å². The van der Waals surface area contributed by atoms with Crippen molar-refractivity contribution in [2.24, 2.45) is 4.99 Å². The molecule has 2 aliphatic rings. The molecular weight excluding hydrogens is 398 g/mol. The number of methoxy groups -OCH3 is 1. The van der Waals surface area contributed by atoms with Gasteiger partial charge in [-0.05, 0) is 56.0 Å². The molecule has 0 aromatic heterocycles. The van der Waals surface area contributed by atoms with E-state index in [-0.39, 0.29) is 24.3 Å². The largest absolute Gasteiger partial charge is 0.495 e. The van der Waals surface area contributed by atoms with Crippen LogP contribution in [0.2, 0.25) is 0 Å². The van der Waals surface area contributed by atoms with E-state index in [1.54, 1.807) is 24.1 Å². The maximum atomic E-state index is 13.1. The Labute approximate surface area is 180 Å². The van der Waals surface area contributed by atoms with Gasteiger partial charge in [-0.1, -0.05) is 36.0 Å². The van der Waals surface area contributed by atoms with E-state index in [4.69, 9.17) is 9.73 Å². The first kappa shape index (κ1) is 20.5. The number of thioether (sulfide) groups is 1. The number of amides is 2. The predicted octanol–water partition coefficient (Wildman–Crippen LogP) is 4.43. The van der Waals surface area contributed by atoms with Crippen molar-refractivity contribution >= 4 is 40.1 Å². The van der Waals surface area contributed by atoms with Crippen molar-refractivity contribution in [3.63, 3.8) is 0 Å². The SMILES string of the molecule is COc1ccccc1NC(=O)C[C@@H]1SC(=Nc2cccc(C)c2C)N(C2CC2)C1=O. The molecular formula is C23H25N3O3S. The molecule has 30 heavy (non-hydrogen) atoms. The minimum absolute atomic E-state index is 0.0262. The Hall–Kier alpha value is -2.80. The second kappa shape index (κ2) is 8.52. The van der Waals surface area contributed by atoms with Gasteiger partial charge in [0.1, 0.15) is 11.0 Å². The number of hydrogen-bond donors (Lipinski definition) is 1. The lowest BCUT2D eigenvalue weighted by atomic mass is 10.1. The van der Waals surface area contributed by atoms with Gasteiger partial charge < -0.3 is 10.1 Å². The van der Waals surface area contributed by atoms with Crippen LogP contribution in [0.3, 0.4) is 0 Å². The molecule has 2 fully saturated rings. The molecule has 2 amide bonds. The number of nitrogens with one attached hydrogen (secondary N) is 1. The number of amidine groups is 1. The summed E-state index contributed by atoms with van der Waals surface area (Å²) in [6, 6.07) is 13.4. The number of rotatable bonds is 6. The molecule has 1 aliphatic carbocycles. The highest BCUT2D eigenvalue weighted by atomic mass is 32.2. The van der Waals surface area contributed by atoms with Crippen LogP contribution < -0.4 is 10.1 Å². The summed E-state index contributed by atoms with van der Waals surface area (Å²) in [6.45, 7) is 4.09. The molecule has 156 valence electrons. The predicted molar refractivity (Wildman–Crippen MR) is 120 cm³/mol. The average Bonchev–Trinajstić information content (AvgIpc) is 3.51. The Morgan fingerprint density at radius 3 is 2.70 bits per heavy atom. The number of nitrogens with zero attached hydrogens (tertiary/aromatic N) is 2. The number of para-hydroxylation sites is 2. The molecule has 1 atom stereocenters. The fourth-order valence-electron chi connectivity index (χ4n) is 3.44. The monoisotopic (exact) mass is 423 g/mol. The second-order valence-electron chi connectivity index (χ2n) is 7.61. The Morgan fingerprint density at radius 2 is 1.97 bits per heavy atom. The molecule has 7 heteroatoms. The van der Waals surface area contributed by atoms with Crippen LogP contribution in [0.1, 0.15) is 30.4 Å². The van der Waals surface area contributed by atoms with E-state index in [1.165, 1.54) is 11.8 Å². The van der Waals surface area contributed by atoms with Crippen molar-refractivity contribution in [3.05, 3.63) is 53.6 Å². The fourth-order valence-corrected chi connectivity index (χ4v) is 4.65. The molecule has 2 aromatic carbocycles. The number of carbonyl (C=O) groups is 2. The van der Waals surface area contributed by atoms with Crippen molar-refractivity contribution in [2.75, 3.05) is 12.4 Å². The summed E-state index contributed by atoms with van der Waals surface area (Å²) in [4.78, 5) is 32.3. The number of carbonyl (C=O) groups excluding carboxylic acids is 2. The van der Waals surface area contributed by atoms with Gasteiger partial charge in [-0.15, -0.1) is 0 Å². The molecule has 1 aliphatic heterocycles. The molecule has 0 unspecified atom stereocenters. The lowest BCUT2D eigenvalue weighted by Gasteiger charge is -2.16. The van der Waals surface area contributed by atoms with E-state index in [0.717, 1.165) is 29.7 Å². The van der Waals surface area contributed by atoms with Crippen LogP contribution in [0, 0.1) is 13.8 Å². The minimum Gasteiger partial charge on any atom is -0.495 e. The van der Waals surface area contributed by atoms with Gasteiger partial charge in [0.05, 0.1) is 18.5 Å². The topological polar surface area (TPSA) is 71.0 Å². The smallest absolute Gasteiger partial charge is 0.242 e. The van der Waals surface area contributed by atoms with Crippen molar-refractivity contribution in [1.29, 1.82) is 0 Å². The van der Waals surface area contributed by atoms with Crippen LogP contribution in [0.5, 0.6) is 5.75 Å². The quantitative estimate of drug-likeness (QED) is 0.746. The van der Waals surface area contributed by atoms with Gasteiger partial charge in [-0.3, -0.25) is 14.5 Å². The number of anilines is 1. The Kier molecular flexibility index (Phi) is 5.81. The number of benzene rings is 2. The molecule has 0 bridgehead atoms. The molecule has 1 N–H and O–H groups in total. The van der Waals surface area contributed by atoms with Crippen LogP contribution in [0.25, 0.3) is 0 Å². The molecule has 0 spiro atoms. The summed E-state index contributed by atoms with van der Waals surface area (Å²) in [5, 5.41) is 3.09. The zero-order valence-corrected chi connectivity index (χ0v) is 18.2. The Morgan fingerprint density at radius 1 is 1.20 bits per heavy atom. The van der Waals surface area contributed by atoms with Gasteiger partial charge in [0.25, 0.3) is 0 Å². The Bertz CT molecular complexity index is 1020. The molecule has 0 radical (unpaired) electrons. The van der Waals surface area contributed by atoms with E-state index in [9.17, 15) is 9.59 Å². The zero-order valence-electron chi connectivity index (χ0n) is 17.3. The first-order chi connectivity index (χ1) is 14.5. The van der Waals surface area contributed by atoms with Crippen molar-refractivity contribution in [2.45, 2.75) is 44.4 Å². The summed E-state index contributed by atoms with van der Waals surface area (Å²) in [5.74, 6) is 0.351. The third kappa shape index (κ3) is 4.21. The maximum absolute atomic E-state index is 13.1. The van der Waals surface area contributed by atoms with Crippen molar-refractivity contribution < 1.29 is 14.3 Å². The number of aryl methyl sites for hydroxylation is 1. The van der Waals surface area contributed by atoms with Gasteiger partial charge in [0.15, 0.2) is 5.17 Å². The minimum atomic E-state index is -0.468. The van der Waals surface area contributed by atoms with Crippen LogP contribution in [0.15, 0.2) is 47.5 Å². The lowest BCUT2D eigenvalue weighted by Crippen LogP contribution is -2.35. The van der Waals surface area contributed by atoms with Crippen LogP contribution >= 0.6 is 11.8 Å². The van der Waals surface area contributed by atoms with E-state index in [1.807, 2.05) is 31.2 Å². The summed E-state index contributed by atoms with van der Waals surface area (Å²) < 4.78 is 5.28. The van der Waals surface area contributed by atoms with Crippen molar-refractivity contribution in [3.8, 4) is 5.75 Å². The summed E-state index contributed by atoms with van der Waals surface area (Å²) in [5.41, 5.74) is 3.74. The third-order valence-electron chi connectivity index (χ3n) is 5.42. The number of ether oxygens (including phenoxy) is 1. The van der Waals surface area contributed by atoms with Crippen molar-refractivity contribution in [1.82, 2.24) is 4.90 Å². The third-order valence-corrected chi connectivity index (χ3v) is 6.57. The van der Waals surface area contributed by atoms with Crippen LogP contribution in [-0.4, -0.2) is 40.3 Å². The normalized spacial score (nSPS) is 20.0. The average molecular weight is 424 g/mol. The first-order valence-electron chi connectivity index (χ1n) is 10.1. The molecule has 2 aromatic rings. The summed E-state index contributed by atoms with van der Waals surface area (Å²) in [7, 11) is 1.56. The molecule has 6 nitrogen and oxygen atoms in total. The van der Waals surface area contributed by atoms with Crippen LogP contribution in [0.4, 0.5) is 11.4 Å². The molecule has 1 saturated heterocycles. The van der Waals surface area contributed by atoms with E-state index < -0.39 is 5.25 Å². The summed E-state index contributed by atoms with van der Waals surface area (Å²) >= 11 is 1.39.